The number of benzene rings is 2. The zero-order valence-corrected chi connectivity index (χ0v) is 20.3. The summed E-state index contributed by atoms with van der Waals surface area (Å²) in [6.45, 7) is 5.77. The van der Waals surface area contributed by atoms with E-state index in [0.29, 0.717) is 22.1 Å². The maximum absolute atomic E-state index is 12.6. The number of amides is 2. The second-order valence-corrected chi connectivity index (χ2v) is 10.0. The molecule has 0 radical (unpaired) electrons. The summed E-state index contributed by atoms with van der Waals surface area (Å²) < 4.78 is 6.68. The third-order valence-electron chi connectivity index (χ3n) is 5.05. The van der Waals surface area contributed by atoms with Gasteiger partial charge in [-0.25, -0.2) is 4.98 Å². The van der Waals surface area contributed by atoms with E-state index in [0.717, 1.165) is 16.2 Å². The molecule has 4 rings (SSSR count). The van der Waals surface area contributed by atoms with Crippen LogP contribution in [0.15, 0.2) is 59.0 Å². The number of thioether (sulfide) groups is 1. The van der Waals surface area contributed by atoms with Gasteiger partial charge in [0.05, 0.1) is 16.0 Å². The van der Waals surface area contributed by atoms with Gasteiger partial charge in [0, 0.05) is 17.4 Å². The summed E-state index contributed by atoms with van der Waals surface area (Å²) in [4.78, 5) is 29.0. The minimum atomic E-state index is -0.312. The Morgan fingerprint density at radius 1 is 1.06 bits per heavy atom. The lowest BCUT2D eigenvalue weighted by atomic mass is 10.1. The normalized spacial score (nSPS) is 11.2. The standard InChI is InChI=1S/C25H25N3O3S2/c1-15(2)23(29)28-25-27-20-12-18(8-11-22(20)33-25)26-24(30)21-10-9-19(31-21)14-32-13-17-7-5-4-6-16(17)3/h4-12,15H,13-14H2,1-3H3,(H,26,30)(H,27,28,29). The Morgan fingerprint density at radius 3 is 2.67 bits per heavy atom. The first-order valence-electron chi connectivity index (χ1n) is 10.6. The Labute approximate surface area is 200 Å². The van der Waals surface area contributed by atoms with Crippen LogP contribution in [0.4, 0.5) is 10.8 Å². The molecule has 0 atom stereocenters. The molecular weight excluding hydrogens is 454 g/mol. The molecule has 0 unspecified atom stereocenters. The average Bonchev–Trinajstić information content (AvgIpc) is 3.41. The van der Waals surface area contributed by atoms with E-state index in [4.69, 9.17) is 4.42 Å². The predicted octanol–water partition coefficient (Wildman–Crippen LogP) is 6.48. The van der Waals surface area contributed by atoms with Crippen molar-refractivity contribution in [1.29, 1.82) is 0 Å². The molecule has 2 N–H and O–H groups in total. The van der Waals surface area contributed by atoms with E-state index in [1.165, 1.54) is 22.5 Å². The summed E-state index contributed by atoms with van der Waals surface area (Å²) in [5, 5.41) is 6.22. The summed E-state index contributed by atoms with van der Waals surface area (Å²) in [5.41, 5.74) is 3.91. The molecule has 8 heteroatoms. The van der Waals surface area contributed by atoms with Gasteiger partial charge in [-0.3, -0.25) is 9.59 Å². The Morgan fingerprint density at radius 2 is 1.88 bits per heavy atom. The quantitative estimate of drug-likeness (QED) is 0.302. The van der Waals surface area contributed by atoms with E-state index < -0.39 is 0 Å². The maximum atomic E-state index is 12.6. The van der Waals surface area contributed by atoms with E-state index in [1.807, 2.05) is 44.2 Å². The topological polar surface area (TPSA) is 84.2 Å². The SMILES string of the molecule is Cc1ccccc1CSCc1ccc(C(=O)Nc2ccc3sc(NC(=O)C(C)C)nc3c2)o1. The van der Waals surface area contributed by atoms with Crippen molar-refractivity contribution >= 4 is 55.9 Å². The van der Waals surface area contributed by atoms with Gasteiger partial charge in [0.1, 0.15) is 5.76 Å². The fourth-order valence-corrected chi connectivity index (χ4v) is 4.96. The molecule has 4 aromatic rings. The maximum Gasteiger partial charge on any atom is 0.291 e. The number of rotatable bonds is 8. The minimum absolute atomic E-state index is 0.0757. The summed E-state index contributed by atoms with van der Waals surface area (Å²) in [6, 6.07) is 17.3. The molecule has 0 saturated heterocycles. The molecule has 0 aliphatic rings. The number of aryl methyl sites for hydroxylation is 1. The first-order valence-corrected chi connectivity index (χ1v) is 12.6. The Bertz CT molecular complexity index is 1290. The van der Waals surface area contributed by atoms with Crippen LogP contribution in [0.1, 0.15) is 41.3 Å². The predicted molar refractivity (Wildman–Crippen MR) is 136 cm³/mol. The zero-order valence-electron chi connectivity index (χ0n) is 18.7. The van der Waals surface area contributed by atoms with E-state index in [1.54, 1.807) is 23.9 Å². The second kappa shape index (κ2) is 10.2. The van der Waals surface area contributed by atoms with Gasteiger partial charge in [-0.15, -0.1) is 11.8 Å². The second-order valence-electron chi connectivity index (χ2n) is 7.98. The number of nitrogens with one attached hydrogen (secondary N) is 2. The first-order chi connectivity index (χ1) is 15.9. The minimum Gasteiger partial charge on any atom is -0.455 e. The number of thiazole rings is 1. The van der Waals surface area contributed by atoms with E-state index in [9.17, 15) is 9.59 Å². The molecule has 0 saturated carbocycles. The number of fused-ring (bicyclic) bond motifs is 1. The molecule has 2 amide bonds. The van der Waals surface area contributed by atoms with Gasteiger partial charge >= 0.3 is 0 Å². The van der Waals surface area contributed by atoms with Crippen LogP contribution < -0.4 is 10.6 Å². The number of nitrogens with zero attached hydrogens (tertiary/aromatic N) is 1. The van der Waals surface area contributed by atoms with Crippen molar-refractivity contribution in [2.45, 2.75) is 32.3 Å². The fourth-order valence-electron chi connectivity index (χ4n) is 3.11. The highest BCUT2D eigenvalue weighted by Crippen LogP contribution is 2.29. The summed E-state index contributed by atoms with van der Waals surface area (Å²) in [6.07, 6.45) is 0. The molecule has 2 aromatic carbocycles. The Balaban J connectivity index is 1.35. The van der Waals surface area contributed by atoms with Gasteiger partial charge in [0.25, 0.3) is 5.91 Å². The molecule has 6 nitrogen and oxygen atoms in total. The van der Waals surface area contributed by atoms with Crippen LogP contribution >= 0.6 is 23.1 Å². The van der Waals surface area contributed by atoms with Crippen molar-refractivity contribution in [1.82, 2.24) is 4.98 Å². The highest BCUT2D eigenvalue weighted by atomic mass is 32.2. The molecule has 0 fully saturated rings. The number of hydrogen-bond donors (Lipinski definition) is 2. The molecule has 33 heavy (non-hydrogen) atoms. The molecule has 170 valence electrons. The number of furan rings is 1. The van der Waals surface area contributed by atoms with Crippen LogP contribution in [0.2, 0.25) is 0 Å². The van der Waals surface area contributed by atoms with Crippen LogP contribution in [-0.4, -0.2) is 16.8 Å². The monoisotopic (exact) mass is 479 g/mol. The van der Waals surface area contributed by atoms with Crippen molar-refractivity contribution in [2.75, 3.05) is 10.6 Å². The molecule has 0 bridgehead atoms. The number of carbonyl (C=O) groups excluding carboxylic acids is 2. The number of carbonyl (C=O) groups is 2. The van der Waals surface area contributed by atoms with Crippen LogP contribution in [0, 0.1) is 12.8 Å². The summed E-state index contributed by atoms with van der Waals surface area (Å²) in [7, 11) is 0. The summed E-state index contributed by atoms with van der Waals surface area (Å²) >= 11 is 3.15. The van der Waals surface area contributed by atoms with Crippen LogP contribution in [0.25, 0.3) is 10.2 Å². The number of aromatic nitrogens is 1. The van der Waals surface area contributed by atoms with Crippen molar-refractivity contribution < 1.29 is 14.0 Å². The molecule has 2 aromatic heterocycles. The van der Waals surface area contributed by atoms with Crippen molar-refractivity contribution in [3.8, 4) is 0 Å². The van der Waals surface area contributed by atoms with Gasteiger partial charge in [0.15, 0.2) is 10.9 Å². The lowest BCUT2D eigenvalue weighted by Gasteiger charge is -2.04. The average molecular weight is 480 g/mol. The van der Waals surface area contributed by atoms with Crippen molar-refractivity contribution in [3.63, 3.8) is 0 Å². The van der Waals surface area contributed by atoms with Gasteiger partial charge < -0.3 is 15.1 Å². The van der Waals surface area contributed by atoms with Gasteiger partial charge in [0.2, 0.25) is 5.91 Å². The largest absolute Gasteiger partial charge is 0.455 e. The third-order valence-corrected chi connectivity index (χ3v) is 7.00. The lowest BCUT2D eigenvalue weighted by Crippen LogP contribution is -2.17. The highest BCUT2D eigenvalue weighted by molar-refractivity contribution is 7.97. The third kappa shape index (κ3) is 5.83. The van der Waals surface area contributed by atoms with Crippen molar-refractivity contribution in [3.05, 3.63) is 77.2 Å². The first kappa shape index (κ1) is 23.1. The number of hydrogen-bond acceptors (Lipinski definition) is 6. The Hall–Kier alpha value is -3.10. The van der Waals surface area contributed by atoms with E-state index >= 15 is 0 Å². The smallest absolute Gasteiger partial charge is 0.291 e. The van der Waals surface area contributed by atoms with Crippen LogP contribution in [0.3, 0.4) is 0 Å². The highest BCUT2D eigenvalue weighted by Gasteiger charge is 2.14. The number of anilines is 2. The molecule has 0 spiro atoms. The van der Waals surface area contributed by atoms with Gasteiger partial charge in [-0.1, -0.05) is 49.4 Å². The lowest BCUT2D eigenvalue weighted by molar-refractivity contribution is -0.118. The fraction of sp³-hybridized carbons (Fsp3) is 0.240. The van der Waals surface area contributed by atoms with Crippen molar-refractivity contribution in [2.24, 2.45) is 5.92 Å². The van der Waals surface area contributed by atoms with Gasteiger partial charge in [-0.2, -0.15) is 0 Å². The summed E-state index contributed by atoms with van der Waals surface area (Å²) in [5.74, 6) is 2.11. The molecule has 0 aliphatic carbocycles. The van der Waals surface area contributed by atoms with E-state index in [2.05, 4.69) is 34.7 Å². The van der Waals surface area contributed by atoms with Gasteiger partial charge in [-0.05, 0) is 48.4 Å². The molecule has 2 heterocycles. The van der Waals surface area contributed by atoms with E-state index in [-0.39, 0.29) is 23.5 Å². The molecular formula is C25H25N3O3S2. The van der Waals surface area contributed by atoms with Crippen LogP contribution in [-0.2, 0) is 16.3 Å². The zero-order chi connectivity index (χ0) is 23.4. The van der Waals surface area contributed by atoms with Crippen LogP contribution in [0.5, 0.6) is 0 Å². The Kier molecular flexibility index (Phi) is 7.15. The molecule has 0 aliphatic heterocycles.